The van der Waals surface area contributed by atoms with Crippen molar-refractivity contribution in [3.63, 3.8) is 0 Å². The number of anilines is 1. The highest BCUT2D eigenvalue weighted by Gasteiger charge is 2.34. The van der Waals surface area contributed by atoms with Gasteiger partial charge >= 0.3 is 0 Å². The number of carbonyl (C=O) groups is 1. The summed E-state index contributed by atoms with van der Waals surface area (Å²) in [4.78, 5) is 12.7. The number of nitrogens with zero attached hydrogens (tertiary/aromatic N) is 1. The number of piperidine rings is 1. The van der Waals surface area contributed by atoms with Crippen molar-refractivity contribution in [2.24, 2.45) is 0 Å². The average Bonchev–Trinajstić information content (AvgIpc) is 2.74. The number of hydrogen-bond acceptors (Lipinski definition) is 5. The molecule has 0 spiro atoms. The van der Waals surface area contributed by atoms with Gasteiger partial charge in [0.25, 0.3) is 0 Å². The molecule has 9 heteroatoms. The van der Waals surface area contributed by atoms with E-state index >= 15 is 0 Å². The Bertz CT molecular complexity index is 1030. The van der Waals surface area contributed by atoms with Crippen LogP contribution >= 0.6 is 0 Å². The van der Waals surface area contributed by atoms with Crippen LogP contribution in [-0.4, -0.2) is 44.4 Å². The Balaban J connectivity index is 1.46. The van der Waals surface area contributed by atoms with E-state index in [1.165, 1.54) is 16.4 Å². The standard InChI is InChI=1S/C21H23FN2O5S/c22-15-4-7-18(8-5-15)30(26,27)24-10-2-1-3-17(24)14-21(25)23-16-6-9-19-20(13-16)29-12-11-28-19/h4-9,13,17H,1-3,10-12,14H2,(H,23,25)/t17-/m1/s1. The van der Waals surface area contributed by atoms with E-state index in [9.17, 15) is 17.6 Å². The lowest BCUT2D eigenvalue weighted by atomic mass is 10.0. The third-order valence-electron chi connectivity index (χ3n) is 5.24. The molecule has 1 atom stereocenters. The molecule has 0 unspecified atom stereocenters. The Morgan fingerprint density at radius 3 is 2.57 bits per heavy atom. The molecule has 2 aliphatic rings. The van der Waals surface area contributed by atoms with Crippen molar-refractivity contribution in [2.75, 3.05) is 25.1 Å². The van der Waals surface area contributed by atoms with Gasteiger partial charge < -0.3 is 14.8 Å². The maximum atomic E-state index is 13.2. The zero-order valence-electron chi connectivity index (χ0n) is 16.3. The minimum absolute atomic E-state index is 0.0306. The molecular formula is C21H23FN2O5S. The Kier molecular flexibility index (Phi) is 5.92. The van der Waals surface area contributed by atoms with Gasteiger partial charge in [0.2, 0.25) is 15.9 Å². The summed E-state index contributed by atoms with van der Waals surface area (Å²) < 4.78 is 51.7. The summed E-state index contributed by atoms with van der Waals surface area (Å²) in [6.07, 6.45) is 2.20. The molecule has 2 aromatic carbocycles. The Labute approximate surface area is 174 Å². The number of ether oxygens (including phenoxy) is 2. The van der Waals surface area contributed by atoms with Gasteiger partial charge in [-0.2, -0.15) is 4.31 Å². The van der Waals surface area contributed by atoms with Gasteiger partial charge in [-0.05, 0) is 49.2 Å². The van der Waals surface area contributed by atoms with E-state index in [1.807, 2.05) is 0 Å². The predicted octanol–water partition coefficient (Wildman–Crippen LogP) is 3.17. The zero-order chi connectivity index (χ0) is 21.1. The van der Waals surface area contributed by atoms with E-state index < -0.39 is 21.9 Å². The first kappa shape index (κ1) is 20.6. The smallest absolute Gasteiger partial charge is 0.243 e. The molecule has 1 N–H and O–H groups in total. The number of fused-ring (bicyclic) bond motifs is 1. The van der Waals surface area contributed by atoms with Crippen molar-refractivity contribution in [3.8, 4) is 11.5 Å². The highest BCUT2D eigenvalue weighted by molar-refractivity contribution is 7.89. The maximum Gasteiger partial charge on any atom is 0.243 e. The van der Waals surface area contributed by atoms with Gasteiger partial charge in [0.15, 0.2) is 11.5 Å². The largest absolute Gasteiger partial charge is 0.486 e. The first-order valence-corrected chi connectivity index (χ1v) is 11.3. The molecule has 0 radical (unpaired) electrons. The highest BCUT2D eigenvalue weighted by atomic mass is 32.2. The Morgan fingerprint density at radius 2 is 1.80 bits per heavy atom. The minimum atomic E-state index is -3.81. The molecule has 1 saturated heterocycles. The highest BCUT2D eigenvalue weighted by Crippen LogP contribution is 2.33. The normalized spacial score (nSPS) is 19.3. The number of benzene rings is 2. The van der Waals surface area contributed by atoms with Gasteiger partial charge in [0.1, 0.15) is 19.0 Å². The first-order chi connectivity index (χ1) is 14.4. The molecule has 160 valence electrons. The fourth-order valence-electron chi connectivity index (χ4n) is 3.78. The van der Waals surface area contributed by atoms with Gasteiger partial charge in [0.05, 0.1) is 4.90 Å². The van der Waals surface area contributed by atoms with Crippen LogP contribution in [0.5, 0.6) is 11.5 Å². The molecule has 30 heavy (non-hydrogen) atoms. The number of sulfonamides is 1. The number of carbonyl (C=O) groups excluding carboxylic acids is 1. The minimum Gasteiger partial charge on any atom is -0.486 e. The van der Waals surface area contributed by atoms with Gasteiger partial charge in [-0.3, -0.25) is 4.79 Å². The van der Waals surface area contributed by atoms with Crippen molar-refractivity contribution in [3.05, 3.63) is 48.3 Å². The van der Waals surface area contributed by atoms with E-state index in [4.69, 9.17) is 9.47 Å². The fraction of sp³-hybridized carbons (Fsp3) is 0.381. The van der Waals surface area contributed by atoms with Crippen molar-refractivity contribution in [1.82, 2.24) is 4.31 Å². The Hall–Kier alpha value is -2.65. The molecule has 2 heterocycles. The molecular weight excluding hydrogens is 411 g/mol. The molecule has 1 amide bonds. The second-order valence-electron chi connectivity index (χ2n) is 7.33. The maximum absolute atomic E-state index is 13.2. The van der Waals surface area contributed by atoms with E-state index in [0.29, 0.717) is 43.4 Å². The summed E-state index contributed by atoms with van der Waals surface area (Å²) in [5.41, 5.74) is 0.563. The third-order valence-corrected chi connectivity index (χ3v) is 7.21. The van der Waals surface area contributed by atoms with Gasteiger partial charge in [0, 0.05) is 30.8 Å². The lowest BCUT2D eigenvalue weighted by molar-refractivity contribution is -0.117. The van der Waals surface area contributed by atoms with Gasteiger partial charge in [-0.1, -0.05) is 6.42 Å². The molecule has 0 saturated carbocycles. The van der Waals surface area contributed by atoms with E-state index in [2.05, 4.69) is 5.32 Å². The molecule has 4 rings (SSSR count). The van der Waals surface area contributed by atoms with Crippen molar-refractivity contribution >= 4 is 21.6 Å². The van der Waals surface area contributed by atoms with Crippen molar-refractivity contribution < 1.29 is 27.1 Å². The Morgan fingerprint density at radius 1 is 1.07 bits per heavy atom. The summed E-state index contributed by atoms with van der Waals surface area (Å²) in [5, 5.41) is 2.81. The molecule has 1 fully saturated rings. The number of nitrogens with one attached hydrogen (secondary N) is 1. The summed E-state index contributed by atoms with van der Waals surface area (Å²) in [5.74, 6) is 0.418. The average molecular weight is 434 g/mol. The first-order valence-electron chi connectivity index (χ1n) is 9.90. The SMILES string of the molecule is O=C(C[C@H]1CCCCN1S(=O)(=O)c1ccc(F)cc1)Nc1ccc2c(c1)OCCO2. The quantitative estimate of drug-likeness (QED) is 0.781. The zero-order valence-corrected chi connectivity index (χ0v) is 17.2. The lowest BCUT2D eigenvalue weighted by Crippen LogP contribution is -2.45. The predicted molar refractivity (Wildman–Crippen MR) is 109 cm³/mol. The van der Waals surface area contributed by atoms with Crippen LogP contribution in [0.25, 0.3) is 0 Å². The summed E-state index contributed by atoms with van der Waals surface area (Å²) in [6, 6.07) is 9.46. The van der Waals surface area contributed by atoms with Crippen LogP contribution in [-0.2, 0) is 14.8 Å². The van der Waals surface area contributed by atoms with Gasteiger partial charge in [-0.15, -0.1) is 0 Å². The van der Waals surface area contributed by atoms with Crippen LogP contribution in [0.3, 0.4) is 0 Å². The summed E-state index contributed by atoms with van der Waals surface area (Å²) in [7, 11) is -3.81. The monoisotopic (exact) mass is 434 g/mol. The van der Waals surface area contributed by atoms with Crippen LogP contribution < -0.4 is 14.8 Å². The van der Waals surface area contributed by atoms with E-state index in [-0.39, 0.29) is 17.2 Å². The number of rotatable bonds is 5. The van der Waals surface area contributed by atoms with Crippen molar-refractivity contribution in [1.29, 1.82) is 0 Å². The summed E-state index contributed by atoms with van der Waals surface area (Å²) >= 11 is 0. The second-order valence-corrected chi connectivity index (χ2v) is 9.22. The molecule has 0 bridgehead atoms. The van der Waals surface area contributed by atoms with Crippen LogP contribution in [0, 0.1) is 5.82 Å². The number of halogens is 1. The van der Waals surface area contributed by atoms with Gasteiger partial charge in [-0.25, -0.2) is 12.8 Å². The third kappa shape index (κ3) is 4.41. The number of hydrogen-bond donors (Lipinski definition) is 1. The molecule has 0 aliphatic carbocycles. The molecule has 0 aromatic heterocycles. The van der Waals surface area contributed by atoms with E-state index in [1.54, 1.807) is 18.2 Å². The molecule has 2 aromatic rings. The topological polar surface area (TPSA) is 84.9 Å². The second kappa shape index (κ2) is 8.61. The van der Waals surface area contributed by atoms with Crippen molar-refractivity contribution in [2.45, 2.75) is 36.6 Å². The summed E-state index contributed by atoms with van der Waals surface area (Å²) in [6.45, 7) is 1.27. The van der Waals surface area contributed by atoms with Crippen LogP contribution in [0.4, 0.5) is 10.1 Å². The molecule has 7 nitrogen and oxygen atoms in total. The van der Waals surface area contributed by atoms with E-state index in [0.717, 1.165) is 25.0 Å². The van der Waals surface area contributed by atoms with Crippen LogP contribution in [0.15, 0.2) is 47.4 Å². The fourth-order valence-corrected chi connectivity index (χ4v) is 5.48. The van der Waals surface area contributed by atoms with Crippen LogP contribution in [0.2, 0.25) is 0 Å². The lowest BCUT2D eigenvalue weighted by Gasteiger charge is -2.34. The van der Waals surface area contributed by atoms with Crippen LogP contribution in [0.1, 0.15) is 25.7 Å². The molecule has 2 aliphatic heterocycles. The number of amides is 1.